The van der Waals surface area contributed by atoms with Crippen LogP contribution in [0.4, 0.5) is 40.2 Å². The minimum atomic E-state index is -3.47. The number of anilines is 7. The Kier molecular flexibility index (Phi) is 9.85. The van der Waals surface area contributed by atoms with Gasteiger partial charge < -0.3 is 30.5 Å². The van der Waals surface area contributed by atoms with E-state index in [9.17, 15) is 13.2 Å². The number of aromatic nitrogens is 2. The Morgan fingerprint density at radius 1 is 1.14 bits per heavy atom. The number of nitrogens with zero attached hydrogens (tertiary/aromatic N) is 5. The second kappa shape index (κ2) is 13.4. The van der Waals surface area contributed by atoms with Gasteiger partial charge in [0, 0.05) is 32.7 Å². The highest BCUT2D eigenvalue weighted by molar-refractivity contribution is 7.92. The molecule has 1 amide bonds. The molecule has 0 aliphatic carbocycles. The maximum Gasteiger partial charge on any atom is 0.300 e. The number of likely N-dealkylation sites (N-methyl/N-ethyl adjacent to an activating group) is 2. The maximum atomic E-state index is 12.4. The largest absolute Gasteiger partial charge is 0.494 e. The van der Waals surface area contributed by atoms with Crippen LogP contribution in [0.1, 0.15) is 12.5 Å². The molecule has 43 heavy (non-hydrogen) atoms. The van der Waals surface area contributed by atoms with E-state index in [-0.39, 0.29) is 16.8 Å². The van der Waals surface area contributed by atoms with E-state index in [0.717, 1.165) is 17.8 Å². The van der Waals surface area contributed by atoms with Crippen LogP contribution in [0.25, 0.3) is 0 Å². The van der Waals surface area contributed by atoms with E-state index in [1.165, 1.54) is 16.8 Å². The van der Waals surface area contributed by atoms with Crippen molar-refractivity contribution >= 4 is 67.7 Å². The number of ether oxygens (including phenoxy) is 1. The molecule has 228 valence electrons. The van der Waals surface area contributed by atoms with Crippen molar-refractivity contribution in [2.45, 2.75) is 13.3 Å². The van der Waals surface area contributed by atoms with Gasteiger partial charge in [-0.2, -0.15) is 4.98 Å². The summed E-state index contributed by atoms with van der Waals surface area (Å²) in [6.45, 7) is 3.44. The van der Waals surface area contributed by atoms with Crippen LogP contribution in [-0.4, -0.2) is 83.3 Å². The third kappa shape index (κ3) is 7.59. The molecule has 1 aromatic heterocycles. The SMILES string of the molecule is CC#CC(=O)Nc1cc(Nc2ncc(Cl)c(Nc3cccc4c3N(S(C)(=O)=O)CC4)n2)c(OC)cc1N(C)CCN(C)C. The normalized spacial score (nSPS) is 12.3. The fourth-order valence-electron chi connectivity index (χ4n) is 4.61. The van der Waals surface area contributed by atoms with E-state index >= 15 is 0 Å². The summed E-state index contributed by atoms with van der Waals surface area (Å²) in [6, 6.07) is 9.07. The molecular weight excluding hydrogens is 592 g/mol. The monoisotopic (exact) mass is 626 g/mol. The molecule has 2 aromatic carbocycles. The van der Waals surface area contributed by atoms with Crippen LogP contribution >= 0.6 is 11.6 Å². The van der Waals surface area contributed by atoms with Crippen molar-refractivity contribution in [1.29, 1.82) is 0 Å². The van der Waals surface area contributed by atoms with E-state index in [4.69, 9.17) is 16.3 Å². The van der Waals surface area contributed by atoms with Crippen molar-refractivity contribution in [3.05, 3.63) is 47.1 Å². The van der Waals surface area contributed by atoms with Crippen molar-refractivity contribution in [3.8, 4) is 17.6 Å². The number of carbonyl (C=O) groups is 1. The first-order chi connectivity index (χ1) is 20.4. The number of benzene rings is 2. The van der Waals surface area contributed by atoms with Crippen molar-refractivity contribution < 1.29 is 17.9 Å². The van der Waals surface area contributed by atoms with E-state index < -0.39 is 15.9 Å². The fraction of sp³-hybridized carbons (Fsp3) is 0.345. The van der Waals surface area contributed by atoms with Gasteiger partial charge in [-0.15, -0.1) is 0 Å². The lowest BCUT2D eigenvalue weighted by Gasteiger charge is -2.25. The molecule has 0 radical (unpaired) electrons. The molecule has 2 heterocycles. The summed E-state index contributed by atoms with van der Waals surface area (Å²) in [5.41, 5.74) is 3.77. The molecule has 0 atom stereocenters. The molecular formula is C29H35ClN8O4S. The highest BCUT2D eigenvalue weighted by Crippen LogP contribution is 2.40. The molecule has 3 N–H and O–H groups in total. The summed E-state index contributed by atoms with van der Waals surface area (Å²) in [5, 5.41) is 9.44. The van der Waals surface area contributed by atoms with Crippen LogP contribution in [0.5, 0.6) is 5.75 Å². The minimum Gasteiger partial charge on any atom is -0.494 e. The minimum absolute atomic E-state index is 0.192. The van der Waals surface area contributed by atoms with Crippen LogP contribution in [0.15, 0.2) is 36.5 Å². The first-order valence-electron chi connectivity index (χ1n) is 13.4. The zero-order valence-electron chi connectivity index (χ0n) is 24.9. The van der Waals surface area contributed by atoms with Crippen LogP contribution < -0.4 is 29.9 Å². The molecule has 0 saturated carbocycles. The number of sulfonamides is 1. The van der Waals surface area contributed by atoms with Gasteiger partial charge in [0.15, 0.2) is 5.82 Å². The lowest BCUT2D eigenvalue weighted by atomic mass is 10.1. The topological polar surface area (TPSA) is 132 Å². The zero-order valence-corrected chi connectivity index (χ0v) is 26.5. The van der Waals surface area contributed by atoms with E-state index in [1.54, 1.807) is 26.2 Å². The second-order valence-electron chi connectivity index (χ2n) is 10.2. The number of carbonyl (C=O) groups excluding carboxylic acids is 1. The number of hydrogen-bond donors (Lipinski definition) is 3. The van der Waals surface area contributed by atoms with Gasteiger partial charge in [0.1, 0.15) is 10.8 Å². The summed E-state index contributed by atoms with van der Waals surface area (Å²) in [5.74, 6) is 5.63. The van der Waals surface area contributed by atoms with Crippen LogP contribution in [-0.2, 0) is 21.2 Å². The quantitative estimate of drug-likeness (QED) is 0.269. The average molecular weight is 627 g/mol. The number of nitrogens with one attached hydrogen (secondary N) is 3. The Labute approximate surface area is 257 Å². The standard InChI is InChI=1S/C29H35ClN8O4S/c1-7-9-26(39)32-22-16-23(25(42-5)17-24(22)37(4)15-14-36(2)3)34-29-31-18-20(30)28(35-29)33-21-11-8-10-19-12-13-38(27(19)21)43(6,40)41/h8,10-11,16-18H,12-15H2,1-6H3,(H,32,39)(H2,31,33,34,35). The Balaban J connectivity index is 1.69. The first-order valence-corrected chi connectivity index (χ1v) is 15.6. The molecule has 0 fully saturated rings. The van der Waals surface area contributed by atoms with Crippen molar-refractivity contribution in [2.75, 3.05) is 79.3 Å². The van der Waals surface area contributed by atoms with Crippen LogP contribution in [0, 0.1) is 11.8 Å². The maximum absolute atomic E-state index is 12.4. The highest BCUT2D eigenvalue weighted by Gasteiger charge is 2.29. The number of para-hydroxylation sites is 1. The summed E-state index contributed by atoms with van der Waals surface area (Å²) in [7, 11) is 3.98. The van der Waals surface area contributed by atoms with Gasteiger partial charge in [-0.05, 0) is 51.1 Å². The van der Waals surface area contributed by atoms with E-state index in [2.05, 4.69) is 42.7 Å². The van der Waals surface area contributed by atoms with Gasteiger partial charge in [0.2, 0.25) is 16.0 Å². The smallest absolute Gasteiger partial charge is 0.300 e. The third-order valence-electron chi connectivity index (χ3n) is 6.70. The predicted molar refractivity (Wildman–Crippen MR) is 173 cm³/mol. The number of amides is 1. The Hall–Kier alpha value is -4.25. The van der Waals surface area contributed by atoms with Gasteiger partial charge in [0.05, 0.1) is 48.0 Å². The third-order valence-corrected chi connectivity index (χ3v) is 8.14. The zero-order chi connectivity index (χ0) is 31.3. The molecule has 0 unspecified atom stereocenters. The lowest BCUT2D eigenvalue weighted by molar-refractivity contribution is -0.111. The Morgan fingerprint density at radius 3 is 2.58 bits per heavy atom. The number of fused-ring (bicyclic) bond motifs is 1. The molecule has 0 bridgehead atoms. The second-order valence-corrected chi connectivity index (χ2v) is 12.5. The Morgan fingerprint density at radius 2 is 1.91 bits per heavy atom. The molecule has 1 aliphatic heterocycles. The molecule has 0 saturated heterocycles. The van der Waals surface area contributed by atoms with Gasteiger partial charge in [-0.3, -0.25) is 9.10 Å². The fourth-order valence-corrected chi connectivity index (χ4v) is 5.71. The van der Waals surface area contributed by atoms with E-state index in [1.807, 2.05) is 44.2 Å². The molecule has 4 rings (SSSR count). The van der Waals surface area contributed by atoms with Crippen molar-refractivity contribution in [3.63, 3.8) is 0 Å². The van der Waals surface area contributed by atoms with Gasteiger partial charge in [-0.25, -0.2) is 13.4 Å². The lowest BCUT2D eigenvalue weighted by Crippen LogP contribution is -2.29. The molecule has 12 nitrogen and oxygen atoms in total. The van der Waals surface area contributed by atoms with Crippen molar-refractivity contribution in [1.82, 2.24) is 14.9 Å². The molecule has 14 heteroatoms. The highest BCUT2D eigenvalue weighted by atomic mass is 35.5. The number of hydrogen-bond acceptors (Lipinski definition) is 10. The van der Waals surface area contributed by atoms with Crippen LogP contribution in [0.3, 0.4) is 0 Å². The van der Waals surface area contributed by atoms with Gasteiger partial charge in [0.25, 0.3) is 5.91 Å². The molecule has 0 spiro atoms. The van der Waals surface area contributed by atoms with Gasteiger partial charge >= 0.3 is 0 Å². The summed E-state index contributed by atoms with van der Waals surface area (Å²) >= 11 is 6.46. The average Bonchev–Trinajstić information content (AvgIpc) is 3.40. The summed E-state index contributed by atoms with van der Waals surface area (Å²) in [4.78, 5) is 25.4. The number of methoxy groups -OCH3 is 1. The van der Waals surface area contributed by atoms with Crippen LogP contribution in [0.2, 0.25) is 5.02 Å². The predicted octanol–water partition coefficient (Wildman–Crippen LogP) is 3.91. The van der Waals surface area contributed by atoms with Crippen molar-refractivity contribution in [2.24, 2.45) is 0 Å². The summed E-state index contributed by atoms with van der Waals surface area (Å²) < 4.78 is 31.9. The molecule has 3 aromatic rings. The number of rotatable bonds is 11. The van der Waals surface area contributed by atoms with Gasteiger partial charge in [-0.1, -0.05) is 29.7 Å². The Bertz CT molecular complexity index is 1690. The first kappa shape index (κ1) is 31.7. The van der Waals surface area contributed by atoms with E-state index in [0.29, 0.717) is 48.0 Å². The molecule has 1 aliphatic rings. The number of halogens is 1. The summed E-state index contributed by atoms with van der Waals surface area (Å²) in [6.07, 6.45) is 3.22.